The van der Waals surface area contributed by atoms with Crippen molar-refractivity contribution in [2.45, 2.75) is 33.6 Å². The van der Waals surface area contributed by atoms with Gasteiger partial charge in [-0.2, -0.15) is 0 Å². The Morgan fingerprint density at radius 3 is 1.64 bits per heavy atom. The number of carboxylic acids is 1. The van der Waals surface area contributed by atoms with Gasteiger partial charge in [-0.05, 0) is 65.5 Å². The lowest BCUT2D eigenvalue weighted by molar-refractivity contribution is -0.132. The first-order valence-corrected chi connectivity index (χ1v) is 17.2. The molecule has 0 saturated carbocycles. The van der Waals surface area contributed by atoms with E-state index in [4.69, 9.17) is 5.11 Å². The molecule has 2 aromatic rings. The fourth-order valence-corrected chi connectivity index (χ4v) is 3.45. The largest absolute Gasteiger partial charge is 0.478 e. The molecule has 2 nitrogen and oxygen atoms in total. The predicted octanol–water partition coefficient (Wildman–Crippen LogP) is 7.96. The van der Waals surface area contributed by atoms with Crippen molar-refractivity contribution in [3.05, 3.63) is 81.9 Å². The average Bonchev–Trinajstić information content (AvgIpc) is 3.23. The van der Waals surface area contributed by atoms with Crippen LogP contribution < -0.4 is 0 Å². The van der Waals surface area contributed by atoms with Gasteiger partial charge in [-0.1, -0.05) is 76.7 Å². The smallest absolute Gasteiger partial charge is 0.332 e. The number of aliphatic carboxylic acids is 1. The van der Waals surface area contributed by atoms with Crippen LogP contribution in [0, 0.1) is 0 Å². The van der Waals surface area contributed by atoms with Gasteiger partial charge in [0, 0.05) is 49.2 Å². The Hall–Kier alpha value is -0.420. The van der Waals surface area contributed by atoms with Gasteiger partial charge in [-0.15, -0.1) is 0 Å². The molecule has 0 spiro atoms. The number of carboxylic acid groups (broad SMARTS) is 1. The van der Waals surface area contributed by atoms with Gasteiger partial charge in [0.2, 0.25) is 0 Å². The second kappa shape index (κ2) is 13.0. The summed E-state index contributed by atoms with van der Waals surface area (Å²) in [6, 6.07) is 16.5. The van der Waals surface area contributed by atoms with Crippen molar-refractivity contribution < 1.29 is 9.90 Å². The molecule has 2 aromatic carbocycles. The highest BCUT2D eigenvalue weighted by Gasteiger charge is 2.22. The summed E-state index contributed by atoms with van der Waals surface area (Å²) >= 11 is 6.39. The van der Waals surface area contributed by atoms with Crippen LogP contribution in [0.4, 0.5) is 0 Å². The van der Waals surface area contributed by atoms with E-state index in [2.05, 4.69) is 97.9 Å². The molecule has 4 rings (SSSR count). The normalized spacial score (nSPS) is 13.2. The zero-order valence-electron chi connectivity index (χ0n) is 16.5. The number of rotatable bonds is 1. The molecule has 1 N–H and O–H groups in total. The summed E-state index contributed by atoms with van der Waals surface area (Å²) in [5.74, 6) is -0.797. The van der Waals surface area contributed by atoms with E-state index in [9.17, 15) is 4.79 Å². The zero-order valence-corrected chi connectivity index (χ0v) is 23.0. The molecule has 2 aliphatic rings. The van der Waals surface area contributed by atoms with Crippen LogP contribution in [0.15, 0.2) is 59.7 Å². The topological polar surface area (TPSA) is 37.3 Å². The summed E-state index contributed by atoms with van der Waals surface area (Å²) in [5, 5.41) is 8.90. The van der Waals surface area contributed by atoms with Crippen molar-refractivity contribution >= 4 is 76.9 Å². The Kier molecular flexibility index (Phi) is 11.9. The second-order valence-corrected chi connectivity index (χ2v) is 6.48. The van der Waals surface area contributed by atoms with Crippen LogP contribution in [-0.2, 0) is 17.6 Å². The summed E-state index contributed by atoms with van der Waals surface area (Å²) in [5.41, 5.74) is 9.57. The van der Waals surface area contributed by atoms with Crippen molar-refractivity contribution in [1.29, 1.82) is 0 Å². The first kappa shape index (κ1) is 25.6. The fourth-order valence-electron chi connectivity index (χ4n) is 3.45. The molecule has 0 atom stereocenters. The van der Waals surface area contributed by atoms with E-state index in [0.717, 1.165) is 23.1 Å². The van der Waals surface area contributed by atoms with E-state index in [0.29, 0.717) is 12.0 Å². The van der Waals surface area contributed by atoms with Crippen LogP contribution in [0.1, 0.15) is 43.0 Å². The molecule has 5 heteroatoms. The number of hydrogen-bond donors (Lipinski definition) is 1. The number of alkyl halides is 1. The Balaban J connectivity index is 0.000000240. The highest BCUT2D eigenvalue weighted by atomic mass is 128. The number of halogens is 3. The third-order valence-corrected chi connectivity index (χ3v) is 5.02. The molecule has 0 aromatic heterocycles. The van der Waals surface area contributed by atoms with Crippen LogP contribution in [0.2, 0.25) is 0 Å². The number of hydrogen-bond acceptors (Lipinski definition) is 1. The molecule has 0 heterocycles. The van der Waals surface area contributed by atoms with Gasteiger partial charge < -0.3 is 5.11 Å². The third kappa shape index (κ3) is 6.29. The van der Waals surface area contributed by atoms with Crippen LogP contribution in [0.5, 0.6) is 0 Å². The Morgan fingerprint density at radius 1 is 0.786 bits per heavy atom. The van der Waals surface area contributed by atoms with E-state index in [1.54, 1.807) is 0 Å². The molecule has 28 heavy (non-hydrogen) atoms. The molecule has 2 aliphatic carbocycles. The van der Waals surface area contributed by atoms with E-state index in [1.807, 2.05) is 36.1 Å². The molecule has 0 unspecified atom stereocenters. The summed E-state index contributed by atoms with van der Waals surface area (Å²) in [4.78, 5) is 12.8. The zero-order chi connectivity index (χ0) is 21.3. The summed E-state index contributed by atoms with van der Waals surface area (Å²) < 4.78 is 0. The van der Waals surface area contributed by atoms with E-state index in [-0.39, 0.29) is 0 Å². The minimum atomic E-state index is -0.797. The van der Waals surface area contributed by atoms with Crippen LogP contribution >= 0.6 is 59.8 Å². The molecule has 0 radical (unpaired) electrons. The van der Waals surface area contributed by atoms with Crippen LogP contribution in [0.3, 0.4) is 0 Å². The van der Waals surface area contributed by atoms with Gasteiger partial charge in [0.05, 0.1) is 0 Å². The molecule has 0 saturated heterocycles. The van der Waals surface area contributed by atoms with Gasteiger partial charge in [-0.25, -0.2) is 4.79 Å². The quantitative estimate of drug-likeness (QED) is 0.241. The highest BCUT2D eigenvalue weighted by molar-refractivity contribution is 15.0. The first-order valence-electron chi connectivity index (χ1n) is 8.77. The Morgan fingerprint density at radius 2 is 1.21 bits per heavy atom. The molecule has 150 valence electrons. The Bertz CT molecular complexity index is 883. The maximum atomic E-state index is 10.8. The van der Waals surface area contributed by atoms with Crippen molar-refractivity contribution in [1.82, 2.24) is 0 Å². The molecule has 0 bridgehead atoms. The molecule has 0 amide bonds. The summed E-state index contributed by atoms with van der Waals surface area (Å²) in [7, 11) is 0. The Labute approximate surface area is 205 Å². The van der Waals surface area contributed by atoms with E-state index < -0.39 is 5.97 Å². The lowest BCUT2D eigenvalue weighted by atomic mass is 10.1. The van der Waals surface area contributed by atoms with Crippen LogP contribution in [-0.4, -0.2) is 16.0 Å². The van der Waals surface area contributed by atoms with Crippen molar-refractivity contribution in [2.75, 3.05) is 4.93 Å². The highest BCUT2D eigenvalue weighted by Crippen LogP contribution is 2.32. The maximum absolute atomic E-state index is 10.8. The van der Waals surface area contributed by atoms with Gasteiger partial charge in [0.1, 0.15) is 0 Å². The van der Waals surface area contributed by atoms with Gasteiger partial charge in [0.15, 0.2) is 0 Å². The standard InChI is InChI=1S/C11H10O2.C11H12.CH3I.I2/c1-7-9-5-3-2-4-8(9)6-10(7)11(12)13;1-8-7-10-5-3-4-6-11(10)9(8)2;2*1-2/h2-5H,6H2,1H3,(H,12,13);3-6H,7H2,1-2H3;1H3;. The SMILES string of the molecule is CC1=C(C(=O)O)Cc2ccccc21.CC1=C(C)c2ccccc2C1.CI.II. The first-order chi connectivity index (χ1) is 13.5. The monoisotopic (exact) mass is 714 g/mol. The number of carbonyl (C=O) groups is 1. The number of benzene rings is 2. The molecular weight excluding hydrogens is 689 g/mol. The van der Waals surface area contributed by atoms with Crippen molar-refractivity contribution in [2.24, 2.45) is 0 Å². The van der Waals surface area contributed by atoms with E-state index >= 15 is 0 Å². The lowest BCUT2D eigenvalue weighted by Gasteiger charge is -1.97. The number of allylic oxidation sites excluding steroid dienone is 3. The van der Waals surface area contributed by atoms with Crippen molar-refractivity contribution in [3.63, 3.8) is 0 Å². The van der Waals surface area contributed by atoms with Gasteiger partial charge in [-0.3, -0.25) is 0 Å². The summed E-state index contributed by atoms with van der Waals surface area (Å²) in [6.07, 6.45) is 1.72. The number of fused-ring (bicyclic) bond motifs is 2. The minimum absolute atomic E-state index is 0.529. The lowest BCUT2D eigenvalue weighted by Crippen LogP contribution is -2.00. The molecular formula is C23H25I3O2. The van der Waals surface area contributed by atoms with Gasteiger partial charge in [0.25, 0.3) is 0 Å². The second-order valence-electron chi connectivity index (χ2n) is 6.48. The van der Waals surface area contributed by atoms with Gasteiger partial charge >= 0.3 is 5.97 Å². The van der Waals surface area contributed by atoms with Crippen molar-refractivity contribution in [3.8, 4) is 0 Å². The van der Waals surface area contributed by atoms with E-state index in [1.165, 1.54) is 22.3 Å². The minimum Gasteiger partial charge on any atom is -0.478 e. The summed E-state index contributed by atoms with van der Waals surface area (Å²) in [6.45, 7) is 6.30. The average molecular weight is 714 g/mol. The maximum Gasteiger partial charge on any atom is 0.332 e. The third-order valence-electron chi connectivity index (χ3n) is 5.02. The molecule has 0 fully saturated rings. The predicted molar refractivity (Wildman–Crippen MR) is 147 cm³/mol. The molecule has 0 aliphatic heterocycles. The van der Waals surface area contributed by atoms with Crippen LogP contribution in [0.25, 0.3) is 11.1 Å². The fraction of sp³-hybridized carbons (Fsp3) is 0.261.